The van der Waals surface area contributed by atoms with Crippen molar-refractivity contribution in [2.45, 2.75) is 20.8 Å². The van der Waals surface area contributed by atoms with Crippen molar-refractivity contribution >= 4 is 17.7 Å². The fraction of sp³-hybridized carbons (Fsp3) is 0.857. The minimum absolute atomic E-state index is 0.681. The van der Waals surface area contributed by atoms with Crippen LogP contribution in [0.5, 0.6) is 0 Å². The molecular formula is C7H14NS. The first-order chi connectivity index (χ1) is 4.20. The van der Waals surface area contributed by atoms with E-state index in [9.17, 15) is 0 Å². The van der Waals surface area contributed by atoms with Crippen molar-refractivity contribution in [3.63, 3.8) is 0 Å². The lowest BCUT2D eigenvalue weighted by Crippen LogP contribution is -2.24. The molecule has 0 fully saturated rings. The highest BCUT2D eigenvalue weighted by atomic mass is 32.1. The van der Waals surface area contributed by atoms with Crippen LogP contribution >= 0.6 is 12.2 Å². The SMILES string of the molecule is CCN([C]=S)CC(C)C. The summed E-state index contributed by atoms with van der Waals surface area (Å²) in [7, 11) is 0. The van der Waals surface area contributed by atoms with Crippen LogP contribution in [0.4, 0.5) is 0 Å². The summed E-state index contributed by atoms with van der Waals surface area (Å²) in [6, 6.07) is 0. The predicted molar refractivity (Wildman–Crippen MR) is 44.7 cm³/mol. The number of nitrogens with zero attached hydrogens (tertiary/aromatic N) is 1. The molecule has 0 heterocycles. The van der Waals surface area contributed by atoms with Gasteiger partial charge in [-0.3, -0.25) is 0 Å². The highest BCUT2D eigenvalue weighted by molar-refractivity contribution is 7.78. The lowest BCUT2D eigenvalue weighted by Gasteiger charge is -2.17. The molecule has 1 radical (unpaired) electrons. The molecule has 0 atom stereocenters. The normalized spacial score (nSPS) is 9.78. The van der Waals surface area contributed by atoms with Crippen LogP contribution in [-0.2, 0) is 0 Å². The van der Waals surface area contributed by atoms with Crippen LogP contribution in [0, 0.1) is 5.92 Å². The van der Waals surface area contributed by atoms with Crippen LogP contribution < -0.4 is 0 Å². The first-order valence-electron chi connectivity index (χ1n) is 3.33. The molecule has 0 aliphatic rings. The monoisotopic (exact) mass is 144 g/mol. The molecule has 0 aromatic rings. The van der Waals surface area contributed by atoms with E-state index in [1.165, 1.54) is 0 Å². The molecule has 0 amide bonds. The molecule has 0 spiro atoms. The van der Waals surface area contributed by atoms with Crippen LogP contribution in [0.15, 0.2) is 0 Å². The maximum absolute atomic E-state index is 4.67. The minimum atomic E-state index is 0.681. The molecular weight excluding hydrogens is 130 g/mol. The van der Waals surface area contributed by atoms with Gasteiger partial charge in [0, 0.05) is 13.1 Å². The summed E-state index contributed by atoms with van der Waals surface area (Å²) in [5, 5.41) is 0. The fourth-order valence-corrected chi connectivity index (χ4v) is 0.875. The second-order valence-electron chi connectivity index (χ2n) is 2.52. The number of hydrogen-bond acceptors (Lipinski definition) is 1. The molecule has 0 unspecified atom stereocenters. The van der Waals surface area contributed by atoms with Gasteiger partial charge in [-0.25, -0.2) is 0 Å². The first kappa shape index (κ1) is 8.89. The van der Waals surface area contributed by atoms with E-state index in [0.717, 1.165) is 13.1 Å². The average Bonchev–Trinajstić information content (AvgIpc) is 1.82. The Balaban J connectivity index is 3.42. The van der Waals surface area contributed by atoms with Gasteiger partial charge in [0.1, 0.15) is 5.49 Å². The quantitative estimate of drug-likeness (QED) is 0.437. The van der Waals surface area contributed by atoms with Gasteiger partial charge in [-0.15, -0.1) is 0 Å². The number of thiocarbonyl (C=S) groups is 1. The molecule has 0 saturated heterocycles. The van der Waals surface area contributed by atoms with Crippen LogP contribution in [-0.4, -0.2) is 23.5 Å². The Bertz CT molecular complexity index is 81.0. The van der Waals surface area contributed by atoms with Gasteiger partial charge in [-0.1, -0.05) is 26.1 Å². The molecule has 0 bridgehead atoms. The Morgan fingerprint density at radius 1 is 1.56 bits per heavy atom. The van der Waals surface area contributed by atoms with Gasteiger partial charge in [0.25, 0.3) is 0 Å². The predicted octanol–water partition coefficient (Wildman–Crippen LogP) is 1.80. The molecule has 1 nitrogen and oxygen atoms in total. The van der Waals surface area contributed by atoms with Crippen molar-refractivity contribution < 1.29 is 0 Å². The first-order valence-corrected chi connectivity index (χ1v) is 3.74. The minimum Gasteiger partial charge on any atom is -0.360 e. The fourth-order valence-electron chi connectivity index (χ4n) is 0.672. The average molecular weight is 144 g/mol. The molecule has 0 N–H and O–H groups in total. The van der Waals surface area contributed by atoms with Crippen LogP contribution in [0.2, 0.25) is 0 Å². The van der Waals surface area contributed by atoms with Crippen molar-refractivity contribution in [2.75, 3.05) is 13.1 Å². The van der Waals surface area contributed by atoms with E-state index >= 15 is 0 Å². The van der Waals surface area contributed by atoms with Gasteiger partial charge in [0.05, 0.1) is 0 Å². The third-order valence-electron chi connectivity index (χ3n) is 1.10. The van der Waals surface area contributed by atoms with E-state index in [0.29, 0.717) is 5.92 Å². The zero-order chi connectivity index (χ0) is 7.28. The summed E-state index contributed by atoms with van der Waals surface area (Å²) >= 11 is 4.67. The molecule has 0 saturated carbocycles. The van der Waals surface area contributed by atoms with E-state index in [2.05, 4.69) is 38.5 Å². The van der Waals surface area contributed by atoms with E-state index in [1.807, 2.05) is 4.90 Å². The molecule has 0 aromatic heterocycles. The van der Waals surface area contributed by atoms with Gasteiger partial charge >= 0.3 is 0 Å². The van der Waals surface area contributed by atoms with Gasteiger partial charge in [-0.2, -0.15) is 0 Å². The summed E-state index contributed by atoms with van der Waals surface area (Å²) in [5.74, 6) is 0.681. The van der Waals surface area contributed by atoms with E-state index in [-0.39, 0.29) is 0 Å². The topological polar surface area (TPSA) is 3.24 Å². The highest BCUT2D eigenvalue weighted by Gasteiger charge is 1.98. The summed E-state index contributed by atoms with van der Waals surface area (Å²) in [5.41, 5.74) is 2.70. The van der Waals surface area contributed by atoms with E-state index < -0.39 is 0 Å². The van der Waals surface area contributed by atoms with Crippen molar-refractivity contribution in [2.24, 2.45) is 5.92 Å². The van der Waals surface area contributed by atoms with Gasteiger partial charge in [0.2, 0.25) is 0 Å². The summed E-state index contributed by atoms with van der Waals surface area (Å²) in [6.07, 6.45) is 0. The third-order valence-corrected chi connectivity index (χ3v) is 1.35. The summed E-state index contributed by atoms with van der Waals surface area (Å²) < 4.78 is 0. The Morgan fingerprint density at radius 3 is 2.22 bits per heavy atom. The zero-order valence-corrected chi connectivity index (χ0v) is 7.16. The Kier molecular flexibility index (Phi) is 4.68. The van der Waals surface area contributed by atoms with Crippen molar-refractivity contribution in [1.29, 1.82) is 0 Å². The third kappa shape index (κ3) is 4.40. The Labute approximate surface area is 63.0 Å². The maximum atomic E-state index is 4.67. The lowest BCUT2D eigenvalue weighted by atomic mass is 10.2. The number of rotatable bonds is 4. The molecule has 0 aliphatic heterocycles. The summed E-state index contributed by atoms with van der Waals surface area (Å²) in [6.45, 7) is 8.44. The second kappa shape index (κ2) is 4.74. The molecule has 0 rings (SSSR count). The van der Waals surface area contributed by atoms with E-state index in [1.54, 1.807) is 0 Å². The van der Waals surface area contributed by atoms with Crippen LogP contribution in [0.3, 0.4) is 0 Å². The highest BCUT2D eigenvalue weighted by Crippen LogP contribution is 1.94. The maximum Gasteiger partial charge on any atom is 0.136 e. The van der Waals surface area contributed by atoms with Gasteiger partial charge in [0.15, 0.2) is 0 Å². The molecule has 0 aliphatic carbocycles. The largest absolute Gasteiger partial charge is 0.360 e. The molecule has 9 heavy (non-hydrogen) atoms. The zero-order valence-electron chi connectivity index (χ0n) is 6.35. The van der Waals surface area contributed by atoms with Crippen molar-refractivity contribution in [1.82, 2.24) is 4.90 Å². The Morgan fingerprint density at radius 2 is 2.11 bits per heavy atom. The second-order valence-corrected chi connectivity index (χ2v) is 2.71. The van der Waals surface area contributed by atoms with Crippen molar-refractivity contribution in [3.05, 3.63) is 0 Å². The van der Waals surface area contributed by atoms with E-state index in [4.69, 9.17) is 0 Å². The van der Waals surface area contributed by atoms with Crippen LogP contribution in [0.25, 0.3) is 0 Å². The lowest BCUT2D eigenvalue weighted by molar-refractivity contribution is 0.395. The smallest absolute Gasteiger partial charge is 0.136 e. The molecule has 2 heteroatoms. The van der Waals surface area contributed by atoms with Crippen LogP contribution in [0.1, 0.15) is 20.8 Å². The number of hydrogen-bond donors (Lipinski definition) is 0. The van der Waals surface area contributed by atoms with Gasteiger partial charge in [-0.05, 0) is 12.8 Å². The molecule has 0 aromatic carbocycles. The standard InChI is InChI=1S/C7H14NS/c1-4-8(6-9)5-7(2)3/h7H,4-5H2,1-3H3. The van der Waals surface area contributed by atoms with Gasteiger partial charge < -0.3 is 4.90 Å². The van der Waals surface area contributed by atoms with Crippen molar-refractivity contribution in [3.8, 4) is 0 Å². The molecule has 53 valence electrons. The Hall–Kier alpha value is -0.110. The summed E-state index contributed by atoms with van der Waals surface area (Å²) in [4.78, 5) is 2.01.